The zero-order chi connectivity index (χ0) is 19.4. The number of amidine groups is 1. The van der Waals surface area contributed by atoms with E-state index in [9.17, 15) is 9.59 Å². The zero-order valence-electron chi connectivity index (χ0n) is 14.8. The van der Waals surface area contributed by atoms with Crippen LogP contribution in [0.3, 0.4) is 0 Å². The topological polar surface area (TPSA) is 79.8 Å². The minimum atomic E-state index is -0.580. The quantitative estimate of drug-likeness (QED) is 0.811. The maximum Gasteiger partial charge on any atom is 0.238 e. The standard InChI is InChI=1S/C19H18ClN3O3S/c1-11-3-6-13(7-4-11)21-18(25)16-10-17(24)23-19(27-16)22-14-9-12(20)5-8-15(14)26-2/h3-9,16H,10H2,1-2H3,(H,21,25)(H,22,23,24). The van der Waals surface area contributed by atoms with Crippen molar-refractivity contribution in [3.05, 3.63) is 53.1 Å². The number of hydrogen-bond donors (Lipinski definition) is 2. The number of amides is 2. The average molecular weight is 404 g/mol. The Balaban J connectivity index is 1.77. The third kappa shape index (κ3) is 5.02. The van der Waals surface area contributed by atoms with Crippen LogP contribution >= 0.6 is 23.4 Å². The lowest BCUT2D eigenvalue weighted by atomic mass is 10.2. The number of benzene rings is 2. The van der Waals surface area contributed by atoms with Crippen molar-refractivity contribution in [3.63, 3.8) is 0 Å². The van der Waals surface area contributed by atoms with E-state index in [1.807, 2.05) is 31.2 Å². The number of thioether (sulfide) groups is 1. The van der Waals surface area contributed by atoms with E-state index in [1.165, 1.54) is 18.9 Å². The van der Waals surface area contributed by atoms with Gasteiger partial charge < -0.3 is 15.4 Å². The summed E-state index contributed by atoms with van der Waals surface area (Å²) in [5.41, 5.74) is 2.27. The third-order valence-electron chi connectivity index (χ3n) is 3.85. The normalized spacial score (nSPS) is 18.1. The molecule has 2 aromatic rings. The summed E-state index contributed by atoms with van der Waals surface area (Å²) in [6.45, 7) is 1.97. The number of carbonyl (C=O) groups is 2. The van der Waals surface area contributed by atoms with Crippen LogP contribution in [0.5, 0.6) is 5.75 Å². The van der Waals surface area contributed by atoms with Gasteiger partial charge in [0.05, 0.1) is 7.11 Å². The van der Waals surface area contributed by atoms with Gasteiger partial charge in [-0.3, -0.25) is 9.59 Å². The Morgan fingerprint density at radius 3 is 2.74 bits per heavy atom. The van der Waals surface area contributed by atoms with Crippen LogP contribution in [-0.2, 0) is 9.59 Å². The summed E-state index contributed by atoms with van der Waals surface area (Å²) in [4.78, 5) is 29.0. The summed E-state index contributed by atoms with van der Waals surface area (Å²) in [5, 5.41) is 5.77. The van der Waals surface area contributed by atoms with E-state index in [1.54, 1.807) is 18.2 Å². The van der Waals surface area contributed by atoms with Crippen LogP contribution in [0.1, 0.15) is 12.0 Å². The molecule has 8 heteroatoms. The first kappa shape index (κ1) is 19.3. The van der Waals surface area contributed by atoms with Crippen LogP contribution in [0.2, 0.25) is 5.02 Å². The Morgan fingerprint density at radius 2 is 2.04 bits per heavy atom. The summed E-state index contributed by atoms with van der Waals surface area (Å²) in [6, 6.07) is 12.5. The maximum atomic E-state index is 12.6. The largest absolute Gasteiger partial charge is 0.494 e. The highest BCUT2D eigenvalue weighted by molar-refractivity contribution is 8.15. The second-order valence-corrected chi connectivity index (χ2v) is 7.58. The van der Waals surface area contributed by atoms with Gasteiger partial charge in [0.2, 0.25) is 11.8 Å². The van der Waals surface area contributed by atoms with Crippen LogP contribution in [0.15, 0.2) is 47.5 Å². The van der Waals surface area contributed by atoms with Gasteiger partial charge in [0.25, 0.3) is 0 Å². The molecule has 0 radical (unpaired) electrons. The van der Waals surface area contributed by atoms with E-state index in [-0.39, 0.29) is 18.2 Å². The van der Waals surface area contributed by atoms with Crippen LogP contribution < -0.4 is 15.4 Å². The predicted octanol–water partition coefficient (Wildman–Crippen LogP) is 3.90. The molecule has 1 heterocycles. The maximum absolute atomic E-state index is 12.6. The summed E-state index contributed by atoms with van der Waals surface area (Å²) >= 11 is 7.21. The van der Waals surface area contributed by atoms with Crippen molar-refractivity contribution in [3.8, 4) is 5.75 Å². The molecule has 1 aliphatic rings. The summed E-state index contributed by atoms with van der Waals surface area (Å²) in [6.07, 6.45) is 0.0774. The second-order valence-electron chi connectivity index (χ2n) is 5.95. The number of nitrogens with one attached hydrogen (secondary N) is 2. The second kappa shape index (κ2) is 8.45. The molecule has 27 heavy (non-hydrogen) atoms. The number of halogens is 1. The molecule has 1 saturated heterocycles. The van der Waals surface area contributed by atoms with Crippen molar-refractivity contribution < 1.29 is 14.3 Å². The molecule has 0 aromatic heterocycles. The van der Waals surface area contributed by atoms with Gasteiger partial charge >= 0.3 is 0 Å². The van der Waals surface area contributed by atoms with Gasteiger partial charge in [0.1, 0.15) is 16.7 Å². The number of ether oxygens (including phenoxy) is 1. The van der Waals surface area contributed by atoms with Gasteiger partial charge in [0, 0.05) is 17.1 Å². The number of aliphatic imine (C=N–C) groups is 1. The number of methoxy groups -OCH3 is 1. The third-order valence-corrected chi connectivity index (χ3v) is 5.16. The molecule has 1 fully saturated rings. The fraction of sp³-hybridized carbons (Fsp3) is 0.211. The summed E-state index contributed by atoms with van der Waals surface area (Å²) in [5.74, 6) is 0.00925. The van der Waals surface area contributed by atoms with Crippen molar-refractivity contribution in [2.24, 2.45) is 4.99 Å². The Bertz CT molecular complexity index is 900. The molecule has 2 aromatic carbocycles. The van der Waals surface area contributed by atoms with Gasteiger partial charge in [-0.2, -0.15) is 0 Å². The molecule has 0 aliphatic carbocycles. The molecule has 0 bridgehead atoms. The number of hydrogen-bond acceptors (Lipinski definition) is 5. The molecule has 3 rings (SSSR count). The smallest absolute Gasteiger partial charge is 0.238 e. The molecular formula is C19H18ClN3O3S. The van der Waals surface area contributed by atoms with Crippen LogP contribution in [0.4, 0.5) is 11.4 Å². The van der Waals surface area contributed by atoms with Gasteiger partial charge in [-0.1, -0.05) is 41.1 Å². The highest BCUT2D eigenvalue weighted by atomic mass is 35.5. The van der Waals surface area contributed by atoms with Crippen LogP contribution in [0, 0.1) is 6.92 Å². The molecular weight excluding hydrogens is 386 g/mol. The average Bonchev–Trinajstić information content (AvgIpc) is 2.63. The van der Waals surface area contributed by atoms with Crippen LogP contribution in [-0.4, -0.2) is 29.3 Å². The molecule has 1 atom stereocenters. The Labute approximate surface area is 166 Å². The molecule has 2 N–H and O–H groups in total. The number of aryl methyl sites for hydroxylation is 1. The number of carbonyl (C=O) groups excluding carboxylic acids is 2. The fourth-order valence-electron chi connectivity index (χ4n) is 2.46. The first-order valence-corrected chi connectivity index (χ1v) is 9.46. The first-order valence-electron chi connectivity index (χ1n) is 8.21. The molecule has 0 saturated carbocycles. The van der Waals surface area contributed by atoms with E-state index in [0.717, 1.165) is 5.56 Å². The Hall–Kier alpha value is -2.51. The lowest BCUT2D eigenvalue weighted by molar-refractivity contribution is -0.123. The van der Waals surface area contributed by atoms with E-state index in [0.29, 0.717) is 27.3 Å². The predicted molar refractivity (Wildman–Crippen MR) is 109 cm³/mol. The molecule has 1 unspecified atom stereocenters. The number of nitrogens with zero attached hydrogens (tertiary/aromatic N) is 1. The van der Waals surface area contributed by atoms with E-state index >= 15 is 0 Å². The molecule has 1 aliphatic heterocycles. The van der Waals surface area contributed by atoms with Crippen molar-refractivity contribution in [2.75, 3.05) is 12.4 Å². The number of anilines is 1. The highest BCUT2D eigenvalue weighted by Crippen LogP contribution is 2.32. The molecule has 2 amide bonds. The number of rotatable bonds is 4. The first-order chi connectivity index (χ1) is 12.9. The Morgan fingerprint density at radius 1 is 1.30 bits per heavy atom. The van der Waals surface area contributed by atoms with Crippen molar-refractivity contribution >= 4 is 51.7 Å². The van der Waals surface area contributed by atoms with Gasteiger partial charge in [-0.15, -0.1) is 0 Å². The van der Waals surface area contributed by atoms with Crippen LogP contribution in [0.25, 0.3) is 0 Å². The lowest BCUT2D eigenvalue weighted by Crippen LogP contribution is -2.41. The minimum absolute atomic E-state index is 0.0774. The van der Waals surface area contributed by atoms with Crippen molar-refractivity contribution in [2.45, 2.75) is 18.6 Å². The zero-order valence-corrected chi connectivity index (χ0v) is 16.4. The monoisotopic (exact) mass is 403 g/mol. The summed E-state index contributed by atoms with van der Waals surface area (Å²) in [7, 11) is 1.53. The minimum Gasteiger partial charge on any atom is -0.494 e. The SMILES string of the molecule is COc1ccc(Cl)cc1N=C1NC(=O)CC(C(=O)Nc2ccc(C)cc2)S1. The van der Waals surface area contributed by atoms with E-state index in [4.69, 9.17) is 16.3 Å². The van der Waals surface area contributed by atoms with Gasteiger partial charge in [-0.05, 0) is 37.3 Å². The fourth-order valence-corrected chi connectivity index (χ4v) is 3.62. The van der Waals surface area contributed by atoms with Crippen molar-refractivity contribution in [1.82, 2.24) is 5.32 Å². The molecule has 0 spiro atoms. The molecule has 6 nitrogen and oxygen atoms in total. The van der Waals surface area contributed by atoms with E-state index < -0.39 is 5.25 Å². The van der Waals surface area contributed by atoms with E-state index in [2.05, 4.69) is 15.6 Å². The molecule has 140 valence electrons. The van der Waals surface area contributed by atoms with Crippen molar-refractivity contribution in [1.29, 1.82) is 0 Å². The van der Waals surface area contributed by atoms with Gasteiger partial charge in [0.15, 0.2) is 5.17 Å². The lowest BCUT2D eigenvalue weighted by Gasteiger charge is -2.22. The summed E-state index contributed by atoms with van der Waals surface area (Å²) < 4.78 is 5.26. The van der Waals surface area contributed by atoms with Gasteiger partial charge in [-0.25, -0.2) is 4.99 Å². The Kier molecular flexibility index (Phi) is 6.03. The highest BCUT2D eigenvalue weighted by Gasteiger charge is 2.30.